The number of hydrogen-bond acceptors (Lipinski definition) is 2. The molecule has 1 aromatic heterocycles. The summed E-state index contributed by atoms with van der Waals surface area (Å²) in [6.07, 6.45) is 4.72. The van der Waals surface area contributed by atoms with Gasteiger partial charge in [0.15, 0.2) is 0 Å². The van der Waals surface area contributed by atoms with E-state index in [2.05, 4.69) is 60.3 Å². The minimum Gasteiger partial charge on any atom is -0.314 e. The molecule has 108 valence electrons. The predicted molar refractivity (Wildman–Crippen MR) is 89.6 cm³/mol. The van der Waals surface area contributed by atoms with Gasteiger partial charge in [-0.1, -0.05) is 36.8 Å². The Hall–Kier alpha value is -1.12. The van der Waals surface area contributed by atoms with Crippen LogP contribution < -0.4 is 5.32 Å². The number of benzene rings is 1. The fourth-order valence-electron chi connectivity index (χ4n) is 2.41. The molecule has 0 aliphatic carbocycles. The van der Waals surface area contributed by atoms with Gasteiger partial charge in [0.05, 0.1) is 0 Å². The van der Waals surface area contributed by atoms with Crippen LogP contribution >= 0.6 is 11.3 Å². The zero-order valence-electron chi connectivity index (χ0n) is 12.6. The molecular formula is C18H25NS. The van der Waals surface area contributed by atoms with E-state index in [0.29, 0.717) is 6.04 Å². The van der Waals surface area contributed by atoms with Gasteiger partial charge in [0.25, 0.3) is 0 Å². The van der Waals surface area contributed by atoms with Crippen molar-refractivity contribution < 1.29 is 0 Å². The van der Waals surface area contributed by atoms with Crippen molar-refractivity contribution in [2.24, 2.45) is 0 Å². The Morgan fingerprint density at radius 2 is 1.90 bits per heavy atom. The fraction of sp³-hybridized carbons (Fsp3) is 0.444. The van der Waals surface area contributed by atoms with Gasteiger partial charge in [-0.3, -0.25) is 0 Å². The molecule has 0 spiro atoms. The maximum Gasteiger partial charge on any atom is 0.0111 e. The van der Waals surface area contributed by atoms with Crippen LogP contribution in [0.2, 0.25) is 0 Å². The van der Waals surface area contributed by atoms with Crippen LogP contribution in [0, 0.1) is 6.92 Å². The second kappa shape index (κ2) is 8.23. The van der Waals surface area contributed by atoms with Crippen molar-refractivity contribution in [1.82, 2.24) is 5.32 Å². The molecule has 0 saturated carbocycles. The lowest BCUT2D eigenvalue weighted by Gasteiger charge is -2.18. The molecule has 0 aliphatic heterocycles. The molecular weight excluding hydrogens is 262 g/mol. The first-order valence-corrected chi connectivity index (χ1v) is 8.52. The van der Waals surface area contributed by atoms with Crippen LogP contribution in [-0.2, 0) is 12.8 Å². The number of rotatable bonds is 8. The van der Waals surface area contributed by atoms with Crippen molar-refractivity contribution >= 4 is 11.3 Å². The first kappa shape index (κ1) is 15.3. The van der Waals surface area contributed by atoms with Gasteiger partial charge < -0.3 is 5.32 Å². The highest BCUT2D eigenvalue weighted by Gasteiger charge is 2.09. The van der Waals surface area contributed by atoms with Crippen LogP contribution in [0.25, 0.3) is 0 Å². The second-order valence-corrected chi connectivity index (χ2v) is 6.29. The first-order chi connectivity index (χ1) is 9.78. The van der Waals surface area contributed by atoms with Crippen molar-refractivity contribution in [3.63, 3.8) is 0 Å². The third-order valence-electron chi connectivity index (χ3n) is 3.65. The highest BCUT2D eigenvalue weighted by atomic mass is 32.1. The lowest BCUT2D eigenvalue weighted by molar-refractivity contribution is 0.478. The zero-order valence-corrected chi connectivity index (χ0v) is 13.4. The van der Waals surface area contributed by atoms with Crippen molar-refractivity contribution in [2.75, 3.05) is 6.54 Å². The number of nitrogens with one attached hydrogen (secondary N) is 1. The van der Waals surface area contributed by atoms with E-state index in [0.717, 1.165) is 13.0 Å². The second-order valence-electron chi connectivity index (χ2n) is 5.51. The van der Waals surface area contributed by atoms with Gasteiger partial charge in [-0.25, -0.2) is 0 Å². The van der Waals surface area contributed by atoms with Crippen LogP contribution in [-0.4, -0.2) is 12.6 Å². The predicted octanol–water partition coefficient (Wildman–Crippen LogP) is 4.60. The quantitative estimate of drug-likeness (QED) is 0.748. The molecule has 1 heterocycles. The summed E-state index contributed by atoms with van der Waals surface area (Å²) in [5.74, 6) is 0. The molecule has 0 fully saturated rings. The standard InChI is InChI=1S/C18H25NS/c1-3-11-19-18(9-8-17-10-12-20-14-17)13-16-6-4-15(2)5-7-16/h4-7,10,12,14,18-19H,3,8-9,11,13H2,1-2H3. The first-order valence-electron chi connectivity index (χ1n) is 7.58. The summed E-state index contributed by atoms with van der Waals surface area (Å²) in [4.78, 5) is 0. The lowest BCUT2D eigenvalue weighted by atomic mass is 9.99. The van der Waals surface area contributed by atoms with Crippen molar-refractivity contribution in [3.05, 3.63) is 57.8 Å². The summed E-state index contributed by atoms with van der Waals surface area (Å²) in [6.45, 7) is 5.49. The van der Waals surface area contributed by atoms with Gasteiger partial charge >= 0.3 is 0 Å². The Labute approximate surface area is 127 Å². The molecule has 1 aromatic carbocycles. The summed E-state index contributed by atoms with van der Waals surface area (Å²) in [5, 5.41) is 8.14. The van der Waals surface area contributed by atoms with Crippen LogP contribution in [0.15, 0.2) is 41.1 Å². The molecule has 0 radical (unpaired) electrons. The smallest absolute Gasteiger partial charge is 0.0111 e. The molecule has 2 rings (SSSR count). The highest BCUT2D eigenvalue weighted by molar-refractivity contribution is 7.07. The number of hydrogen-bond donors (Lipinski definition) is 1. The monoisotopic (exact) mass is 287 g/mol. The van der Waals surface area contributed by atoms with Gasteiger partial charge in [0.1, 0.15) is 0 Å². The van der Waals surface area contributed by atoms with Gasteiger partial charge in [0, 0.05) is 6.04 Å². The maximum atomic E-state index is 3.70. The SMILES string of the molecule is CCCNC(CCc1ccsc1)Cc1ccc(C)cc1. The van der Waals surface area contributed by atoms with Crippen molar-refractivity contribution in [2.45, 2.75) is 45.6 Å². The van der Waals surface area contributed by atoms with E-state index >= 15 is 0 Å². The summed E-state index contributed by atoms with van der Waals surface area (Å²) < 4.78 is 0. The minimum atomic E-state index is 0.581. The summed E-state index contributed by atoms with van der Waals surface area (Å²) in [6, 6.07) is 11.8. The largest absolute Gasteiger partial charge is 0.314 e. The van der Waals surface area contributed by atoms with Crippen LogP contribution in [0.1, 0.15) is 36.5 Å². The van der Waals surface area contributed by atoms with E-state index in [1.165, 1.54) is 36.0 Å². The van der Waals surface area contributed by atoms with Crippen LogP contribution in [0.4, 0.5) is 0 Å². The minimum absolute atomic E-state index is 0.581. The molecule has 2 aromatic rings. The zero-order chi connectivity index (χ0) is 14.2. The van der Waals surface area contributed by atoms with Crippen LogP contribution in [0.3, 0.4) is 0 Å². The maximum absolute atomic E-state index is 3.70. The molecule has 2 heteroatoms. The molecule has 0 aliphatic rings. The lowest BCUT2D eigenvalue weighted by Crippen LogP contribution is -2.32. The molecule has 1 unspecified atom stereocenters. The van der Waals surface area contributed by atoms with Gasteiger partial charge in [-0.2, -0.15) is 11.3 Å². The Kier molecular flexibility index (Phi) is 6.28. The Bertz CT molecular complexity index is 473. The van der Waals surface area contributed by atoms with E-state index in [4.69, 9.17) is 0 Å². The summed E-state index contributed by atoms with van der Waals surface area (Å²) in [7, 11) is 0. The number of thiophene rings is 1. The molecule has 0 saturated heterocycles. The van der Waals surface area contributed by atoms with Gasteiger partial charge in [-0.15, -0.1) is 0 Å². The van der Waals surface area contributed by atoms with Gasteiger partial charge in [-0.05, 0) is 67.1 Å². The average Bonchev–Trinajstić information content (AvgIpc) is 2.97. The Balaban J connectivity index is 1.90. The summed E-state index contributed by atoms with van der Waals surface area (Å²) in [5.41, 5.74) is 4.25. The van der Waals surface area contributed by atoms with Gasteiger partial charge in [0.2, 0.25) is 0 Å². The fourth-order valence-corrected chi connectivity index (χ4v) is 3.11. The third kappa shape index (κ3) is 5.10. The van der Waals surface area contributed by atoms with E-state index in [9.17, 15) is 0 Å². The molecule has 0 amide bonds. The third-order valence-corrected chi connectivity index (χ3v) is 4.38. The molecule has 1 nitrogen and oxygen atoms in total. The molecule has 1 atom stereocenters. The van der Waals surface area contributed by atoms with E-state index in [1.54, 1.807) is 11.3 Å². The topological polar surface area (TPSA) is 12.0 Å². The normalized spacial score (nSPS) is 12.5. The van der Waals surface area contributed by atoms with E-state index < -0.39 is 0 Å². The van der Waals surface area contributed by atoms with E-state index in [1.807, 2.05) is 0 Å². The Morgan fingerprint density at radius 3 is 2.55 bits per heavy atom. The van der Waals surface area contributed by atoms with Crippen molar-refractivity contribution in [3.8, 4) is 0 Å². The molecule has 20 heavy (non-hydrogen) atoms. The Morgan fingerprint density at radius 1 is 1.10 bits per heavy atom. The molecule has 0 bridgehead atoms. The average molecular weight is 287 g/mol. The highest BCUT2D eigenvalue weighted by Crippen LogP contribution is 2.13. The molecule has 1 N–H and O–H groups in total. The number of aryl methyl sites for hydroxylation is 2. The van der Waals surface area contributed by atoms with Crippen molar-refractivity contribution in [1.29, 1.82) is 0 Å². The van der Waals surface area contributed by atoms with Crippen LogP contribution in [0.5, 0.6) is 0 Å². The van der Waals surface area contributed by atoms with E-state index in [-0.39, 0.29) is 0 Å². The summed E-state index contributed by atoms with van der Waals surface area (Å²) >= 11 is 1.79.